The molecule has 2 atom stereocenters. The van der Waals surface area contributed by atoms with Crippen molar-refractivity contribution in [2.75, 3.05) is 13.1 Å². The van der Waals surface area contributed by atoms with E-state index in [-0.39, 0.29) is 10.2 Å². The first kappa shape index (κ1) is 18.5. The summed E-state index contributed by atoms with van der Waals surface area (Å²) in [5, 5.41) is 9.29. The van der Waals surface area contributed by atoms with Crippen LogP contribution in [0.25, 0.3) is 0 Å². The number of amides is 1. The van der Waals surface area contributed by atoms with E-state index >= 15 is 0 Å². The number of hydrogen-bond donors (Lipinski definition) is 2. The number of likely N-dealkylation sites (tertiary alicyclic amines) is 1. The number of fused-ring (bicyclic) bond motifs is 1. The molecule has 2 aliphatic rings. The first-order valence-electron chi connectivity index (χ1n) is 8.85. The highest BCUT2D eigenvalue weighted by Crippen LogP contribution is 2.56. The fourth-order valence-corrected chi connectivity index (χ4v) is 5.30. The molecule has 1 fully saturated rings. The van der Waals surface area contributed by atoms with Crippen molar-refractivity contribution in [1.82, 2.24) is 9.62 Å². The number of carboxylic acid groups (broad SMARTS) is 1. The van der Waals surface area contributed by atoms with E-state index in [2.05, 4.69) is 23.8 Å². The van der Waals surface area contributed by atoms with Gasteiger partial charge < -0.3 is 14.6 Å². The minimum Gasteiger partial charge on any atom is -0.598 e. The van der Waals surface area contributed by atoms with Gasteiger partial charge in [-0.2, -0.15) is 0 Å². The first-order chi connectivity index (χ1) is 11.6. The lowest BCUT2D eigenvalue weighted by atomic mass is 9.65. The molecule has 0 unspecified atom stereocenters. The summed E-state index contributed by atoms with van der Waals surface area (Å²) in [6.07, 6.45) is 1.61. The van der Waals surface area contributed by atoms with Crippen molar-refractivity contribution in [3.63, 3.8) is 0 Å². The van der Waals surface area contributed by atoms with E-state index in [1.54, 1.807) is 0 Å². The molecule has 0 bridgehead atoms. The minimum absolute atomic E-state index is 0.108. The molecule has 0 aromatic heterocycles. The quantitative estimate of drug-likeness (QED) is 0.790. The molecule has 0 saturated carbocycles. The van der Waals surface area contributed by atoms with Crippen molar-refractivity contribution in [1.29, 1.82) is 0 Å². The van der Waals surface area contributed by atoms with Crippen molar-refractivity contribution in [2.45, 2.75) is 57.2 Å². The minimum atomic E-state index is -1.20. The highest BCUT2D eigenvalue weighted by molar-refractivity contribution is 7.90. The molecule has 25 heavy (non-hydrogen) atoms. The van der Waals surface area contributed by atoms with Crippen molar-refractivity contribution in [3.05, 3.63) is 35.4 Å². The average Bonchev–Trinajstić information content (AvgIpc) is 2.76. The Balaban J connectivity index is 1.97. The van der Waals surface area contributed by atoms with E-state index in [9.17, 15) is 14.5 Å². The van der Waals surface area contributed by atoms with Gasteiger partial charge in [-0.1, -0.05) is 24.3 Å². The van der Waals surface area contributed by atoms with Crippen LogP contribution in [-0.2, 0) is 23.3 Å². The predicted octanol–water partition coefficient (Wildman–Crippen LogP) is 3.27. The lowest BCUT2D eigenvalue weighted by molar-refractivity contribution is 0.0401. The second-order valence-corrected chi connectivity index (χ2v) is 10.5. The lowest BCUT2D eigenvalue weighted by Gasteiger charge is -2.49. The Kier molecular flexibility index (Phi) is 4.58. The van der Waals surface area contributed by atoms with Crippen LogP contribution in [0.1, 0.15) is 51.7 Å². The van der Waals surface area contributed by atoms with Crippen molar-refractivity contribution >= 4 is 17.5 Å². The summed E-state index contributed by atoms with van der Waals surface area (Å²) in [6.45, 7) is 9.13. The summed E-state index contributed by atoms with van der Waals surface area (Å²) >= 11 is -1.20. The molecule has 1 aliphatic carbocycles. The van der Waals surface area contributed by atoms with Crippen LogP contribution < -0.4 is 4.72 Å². The Morgan fingerprint density at radius 1 is 1.28 bits per heavy atom. The van der Waals surface area contributed by atoms with Gasteiger partial charge in [-0.05, 0) is 58.1 Å². The first-order valence-corrected chi connectivity index (χ1v) is 10.0. The fraction of sp³-hybridized carbons (Fsp3) is 0.632. The molecule has 1 spiro atoms. The summed E-state index contributed by atoms with van der Waals surface area (Å²) < 4.78 is 16.0. The average molecular weight is 365 g/mol. The molecule has 3 rings (SSSR count). The summed E-state index contributed by atoms with van der Waals surface area (Å²) in [5.74, 6) is 0. The third-order valence-corrected chi connectivity index (χ3v) is 7.70. The van der Waals surface area contributed by atoms with E-state index in [0.717, 1.165) is 19.3 Å². The second-order valence-electron chi connectivity index (χ2n) is 8.49. The number of benzene rings is 1. The Morgan fingerprint density at radius 3 is 2.44 bits per heavy atom. The summed E-state index contributed by atoms with van der Waals surface area (Å²) in [4.78, 5) is 12.8. The van der Waals surface area contributed by atoms with Gasteiger partial charge >= 0.3 is 6.09 Å². The number of nitrogens with zero attached hydrogens (tertiary/aromatic N) is 1. The number of carbonyl (C=O) groups is 1. The van der Waals surface area contributed by atoms with Crippen LogP contribution >= 0.6 is 0 Å². The Morgan fingerprint density at radius 2 is 1.88 bits per heavy atom. The Labute approximate surface area is 153 Å². The van der Waals surface area contributed by atoms with Crippen molar-refractivity contribution < 1.29 is 14.5 Å². The van der Waals surface area contributed by atoms with Crippen molar-refractivity contribution in [3.8, 4) is 0 Å². The standard InChI is InChI=1S/C19H28N2O3S/c1-17(2,3)25(24)20-18(4)15-8-6-5-7-14(15)13-19(18)9-11-21(12-10-19)16(22)23/h5-8,20H,9-13H2,1-4H3,(H,22,23)/t18-,25-/m1/s1. The zero-order chi connectivity index (χ0) is 18.5. The normalized spacial score (nSPS) is 26.5. The molecule has 1 aromatic carbocycles. The number of rotatable bonds is 2. The van der Waals surface area contributed by atoms with Gasteiger partial charge in [-0.15, -0.1) is 4.72 Å². The molecule has 1 amide bonds. The number of nitrogens with one attached hydrogen (secondary N) is 1. The maximum absolute atomic E-state index is 12.9. The predicted molar refractivity (Wildman–Crippen MR) is 99.8 cm³/mol. The molecule has 1 heterocycles. The topological polar surface area (TPSA) is 75.6 Å². The fourth-order valence-electron chi connectivity index (χ4n) is 4.29. The highest BCUT2D eigenvalue weighted by atomic mass is 32.2. The second kappa shape index (κ2) is 6.18. The molecule has 5 nitrogen and oxygen atoms in total. The zero-order valence-electron chi connectivity index (χ0n) is 15.5. The lowest BCUT2D eigenvalue weighted by Crippen LogP contribution is -2.59. The SMILES string of the molecule is CC(C)(C)[S@@+]([O-])N[C@]1(C)c2ccccc2CC12CCN(C(=O)O)CC2. The van der Waals surface area contributed by atoms with Gasteiger partial charge in [0.1, 0.15) is 4.75 Å². The Hall–Kier alpha value is -1.24. The largest absolute Gasteiger partial charge is 0.598 e. The van der Waals surface area contributed by atoms with Gasteiger partial charge in [0.05, 0.1) is 5.54 Å². The molecule has 1 saturated heterocycles. The van der Waals surface area contributed by atoms with Crippen LogP contribution in [0.4, 0.5) is 4.79 Å². The molecule has 2 N–H and O–H groups in total. The molecule has 138 valence electrons. The van der Waals surface area contributed by atoms with Crippen LogP contribution in [-0.4, -0.2) is 38.5 Å². The Bertz CT molecular complexity index is 665. The monoisotopic (exact) mass is 364 g/mol. The van der Waals surface area contributed by atoms with E-state index < -0.39 is 23.0 Å². The zero-order valence-corrected chi connectivity index (χ0v) is 16.3. The van der Waals surface area contributed by atoms with E-state index in [1.165, 1.54) is 16.0 Å². The molecule has 6 heteroatoms. The molecular formula is C19H28N2O3S. The van der Waals surface area contributed by atoms with E-state index in [4.69, 9.17) is 0 Å². The van der Waals surface area contributed by atoms with Gasteiger partial charge in [0.15, 0.2) is 0 Å². The van der Waals surface area contributed by atoms with E-state index in [0.29, 0.717) is 13.1 Å². The van der Waals surface area contributed by atoms with Crippen LogP contribution in [0.2, 0.25) is 0 Å². The number of hydrogen-bond acceptors (Lipinski definition) is 3. The van der Waals surface area contributed by atoms with Gasteiger partial charge in [0, 0.05) is 29.9 Å². The molecule has 1 aromatic rings. The van der Waals surface area contributed by atoms with Gasteiger partial charge in [0.2, 0.25) is 0 Å². The van der Waals surface area contributed by atoms with Crippen LogP contribution in [0.15, 0.2) is 24.3 Å². The van der Waals surface area contributed by atoms with Crippen LogP contribution in [0.3, 0.4) is 0 Å². The van der Waals surface area contributed by atoms with Crippen molar-refractivity contribution in [2.24, 2.45) is 5.41 Å². The molecule has 1 aliphatic heterocycles. The molecule has 0 radical (unpaired) electrons. The van der Waals surface area contributed by atoms with Gasteiger partial charge in [-0.3, -0.25) is 0 Å². The summed E-state index contributed by atoms with van der Waals surface area (Å²) in [7, 11) is 0. The third-order valence-electron chi connectivity index (χ3n) is 5.99. The summed E-state index contributed by atoms with van der Waals surface area (Å²) in [5.41, 5.74) is 1.96. The van der Waals surface area contributed by atoms with Gasteiger partial charge in [-0.25, -0.2) is 4.79 Å². The maximum atomic E-state index is 12.9. The van der Waals surface area contributed by atoms with Crippen LogP contribution in [0.5, 0.6) is 0 Å². The maximum Gasteiger partial charge on any atom is 0.407 e. The third kappa shape index (κ3) is 3.04. The smallest absolute Gasteiger partial charge is 0.407 e. The molecular weight excluding hydrogens is 336 g/mol. The van der Waals surface area contributed by atoms with E-state index in [1.807, 2.05) is 32.9 Å². The van der Waals surface area contributed by atoms with Crippen LogP contribution in [0, 0.1) is 5.41 Å². The number of piperidine rings is 1. The highest BCUT2D eigenvalue weighted by Gasteiger charge is 2.58. The van der Waals surface area contributed by atoms with Gasteiger partial charge in [0.25, 0.3) is 0 Å². The summed E-state index contributed by atoms with van der Waals surface area (Å²) in [6, 6.07) is 8.35.